The summed E-state index contributed by atoms with van der Waals surface area (Å²) in [6.45, 7) is 3.48. The summed E-state index contributed by atoms with van der Waals surface area (Å²) in [5.41, 5.74) is 1.31. The number of anilines is 1. The molecule has 0 fully saturated rings. The second-order valence-corrected chi connectivity index (χ2v) is 8.56. The van der Waals surface area contributed by atoms with E-state index >= 15 is 0 Å². The summed E-state index contributed by atoms with van der Waals surface area (Å²) in [5, 5.41) is 3.30. The van der Waals surface area contributed by atoms with Crippen LogP contribution in [0.3, 0.4) is 0 Å². The van der Waals surface area contributed by atoms with Gasteiger partial charge in [-0.1, -0.05) is 11.6 Å². The van der Waals surface area contributed by atoms with E-state index in [1.807, 2.05) is 6.92 Å². The monoisotopic (exact) mass is 396 g/mol. The Kier molecular flexibility index (Phi) is 6.28. The van der Waals surface area contributed by atoms with Crippen LogP contribution in [0.1, 0.15) is 12.5 Å². The number of amides is 1. The molecule has 2 aromatic rings. The third-order valence-corrected chi connectivity index (χ3v) is 5.77. The fraction of sp³-hybridized carbons (Fsp3) is 0.278. The maximum Gasteiger partial charge on any atom is 0.265 e. The number of rotatable bonds is 6. The van der Waals surface area contributed by atoms with Gasteiger partial charge < -0.3 is 10.1 Å². The molecule has 0 bridgehead atoms. The van der Waals surface area contributed by atoms with Crippen molar-refractivity contribution in [3.63, 3.8) is 0 Å². The van der Waals surface area contributed by atoms with E-state index in [1.54, 1.807) is 25.1 Å². The van der Waals surface area contributed by atoms with Gasteiger partial charge in [-0.05, 0) is 61.9 Å². The Balaban J connectivity index is 2.05. The molecule has 2 rings (SSSR count). The maximum absolute atomic E-state index is 12.3. The first-order valence-electron chi connectivity index (χ1n) is 7.87. The van der Waals surface area contributed by atoms with E-state index in [0.717, 1.165) is 9.87 Å². The summed E-state index contributed by atoms with van der Waals surface area (Å²) >= 11 is 5.91. The first kappa shape index (κ1) is 20.2. The van der Waals surface area contributed by atoms with Crippen molar-refractivity contribution in [2.45, 2.75) is 24.8 Å². The van der Waals surface area contributed by atoms with Gasteiger partial charge in [0.25, 0.3) is 5.91 Å². The number of sulfonamides is 1. The number of hydrogen-bond donors (Lipinski definition) is 1. The molecule has 0 radical (unpaired) electrons. The lowest BCUT2D eigenvalue weighted by Gasteiger charge is -2.17. The topological polar surface area (TPSA) is 75.7 Å². The Bertz CT molecular complexity index is 896. The summed E-state index contributed by atoms with van der Waals surface area (Å²) in [6, 6.07) is 11.1. The van der Waals surface area contributed by atoms with Gasteiger partial charge in [0.1, 0.15) is 5.75 Å². The highest BCUT2D eigenvalue weighted by Gasteiger charge is 2.18. The van der Waals surface area contributed by atoms with Gasteiger partial charge in [0.15, 0.2) is 6.10 Å². The summed E-state index contributed by atoms with van der Waals surface area (Å²) in [5.74, 6) is 0.229. The van der Waals surface area contributed by atoms with E-state index in [4.69, 9.17) is 16.3 Å². The highest BCUT2D eigenvalue weighted by molar-refractivity contribution is 7.89. The van der Waals surface area contributed by atoms with Crippen LogP contribution in [-0.2, 0) is 14.8 Å². The third kappa shape index (κ3) is 4.75. The maximum atomic E-state index is 12.3. The van der Waals surface area contributed by atoms with Gasteiger partial charge in [0.05, 0.1) is 4.90 Å². The summed E-state index contributed by atoms with van der Waals surface area (Å²) in [7, 11) is -0.580. The Morgan fingerprint density at radius 2 is 1.77 bits per heavy atom. The molecular formula is C18H21ClN2O4S. The fourth-order valence-electron chi connectivity index (χ4n) is 2.15. The highest BCUT2D eigenvalue weighted by Crippen LogP contribution is 2.23. The minimum Gasteiger partial charge on any atom is -0.481 e. The molecule has 0 aliphatic rings. The van der Waals surface area contributed by atoms with Crippen molar-refractivity contribution < 1.29 is 17.9 Å². The number of benzene rings is 2. The van der Waals surface area contributed by atoms with Crippen LogP contribution < -0.4 is 10.1 Å². The molecule has 0 spiro atoms. The molecule has 1 unspecified atom stereocenters. The number of carbonyl (C=O) groups excluding carboxylic acids is 1. The lowest BCUT2D eigenvalue weighted by molar-refractivity contribution is -0.122. The Morgan fingerprint density at radius 3 is 2.31 bits per heavy atom. The van der Waals surface area contributed by atoms with Gasteiger partial charge in [0.2, 0.25) is 10.0 Å². The standard InChI is InChI=1S/C18H21ClN2O4S/c1-12-11-14(19)5-10-17(12)25-13(2)18(22)20-15-6-8-16(9-7-15)26(23,24)21(3)4/h5-11,13H,1-4H3,(H,20,22). The minimum atomic E-state index is -3.50. The average molecular weight is 397 g/mol. The summed E-state index contributed by atoms with van der Waals surface area (Å²) < 4.78 is 30.9. The van der Waals surface area contributed by atoms with Crippen molar-refractivity contribution in [2.24, 2.45) is 0 Å². The molecular weight excluding hydrogens is 376 g/mol. The number of nitrogens with one attached hydrogen (secondary N) is 1. The third-order valence-electron chi connectivity index (χ3n) is 3.71. The smallest absolute Gasteiger partial charge is 0.265 e. The number of nitrogens with zero attached hydrogens (tertiary/aromatic N) is 1. The minimum absolute atomic E-state index is 0.154. The molecule has 6 nitrogen and oxygen atoms in total. The summed E-state index contributed by atoms with van der Waals surface area (Å²) in [6.07, 6.45) is -0.736. The molecule has 0 saturated carbocycles. The van der Waals surface area contributed by atoms with E-state index in [9.17, 15) is 13.2 Å². The molecule has 0 aromatic heterocycles. The molecule has 1 N–H and O–H groups in total. The molecule has 1 atom stereocenters. The van der Waals surface area contributed by atoms with Gasteiger partial charge in [-0.3, -0.25) is 4.79 Å². The molecule has 0 aliphatic carbocycles. The molecule has 2 aromatic carbocycles. The van der Waals surface area contributed by atoms with Crippen LogP contribution in [0, 0.1) is 6.92 Å². The predicted octanol–water partition coefficient (Wildman–Crippen LogP) is 3.30. The zero-order valence-electron chi connectivity index (χ0n) is 15.0. The quantitative estimate of drug-likeness (QED) is 0.812. The molecule has 1 amide bonds. The molecule has 0 saturated heterocycles. The first-order chi connectivity index (χ1) is 12.1. The molecule has 0 aliphatic heterocycles. The van der Waals surface area contributed by atoms with Gasteiger partial charge in [0, 0.05) is 24.8 Å². The average Bonchev–Trinajstić information content (AvgIpc) is 2.57. The lowest BCUT2D eigenvalue weighted by Crippen LogP contribution is -2.30. The van der Waals surface area contributed by atoms with Crippen LogP contribution in [0.15, 0.2) is 47.4 Å². The molecule has 140 valence electrons. The van der Waals surface area contributed by atoms with Crippen LogP contribution in [0.2, 0.25) is 5.02 Å². The fourth-order valence-corrected chi connectivity index (χ4v) is 3.28. The highest BCUT2D eigenvalue weighted by atomic mass is 35.5. The second kappa shape index (κ2) is 8.07. The van der Waals surface area contributed by atoms with E-state index in [2.05, 4.69) is 5.32 Å². The van der Waals surface area contributed by atoms with Crippen LogP contribution in [0.4, 0.5) is 5.69 Å². The molecule has 26 heavy (non-hydrogen) atoms. The number of carbonyl (C=O) groups is 1. The van der Waals surface area contributed by atoms with Crippen molar-refractivity contribution in [1.82, 2.24) is 4.31 Å². The first-order valence-corrected chi connectivity index (χ1v) is 9.69. The zero-order valence-corrected chi connectivity index (χ0v) is 16.6. The van der Waals surface area contributed by atoms with Crippen molar-refractivity contribution in [3.8, 4) is 5.75 Å². The van der Waals surface area contributed by atoms with E-state index in [-0.39, 0.29) is 10.8 Å². The van der Waals surface area contributed by atoms with Crippen LogP contribution >= 0.6 is 11.6 Å². The van der Waals surface area contributed by atoms with Crippen molar-refractivity contribution in [2.75, 3.05) is 19.4 Å². The zero-order chi connectivity index (χ0) is 19.5. The van der Waals surface area contributed by atoms with Crippen LogP contribution in [0.5, 0.6) is 5.75 Å². The Hall–Kier alpha value is -2.09. The summed E-state index contributed by atoms with van der Waals surface area (Å²) in [4.78, 5) is 12.5. The van der Waals surface area contributed by atoms with E-state index in [0.29, 0.717) is 16.5 Å². The Morgan fingerprint density at radius 1 is 1.15 bits per heavy atom. The van der Waals surface area contributed by atoms with Crippen molar-refractivity contribution >= 4 is 33.2 Å². The molecule has 0 heterocycles. The van der Waals surface area contributed by atoms with Crippen LogP contribution in [0.25, 0.3) is 0 Å². The van der Waals surface area contributed by atoms with Gasteiger partial charge in [-0.25, -0.2) is 12.7 Å². The SMILES string of the molecule is Cc1cc(Cl)ccc1OC(C)C(=O)Nc1ccc(S(=O)(=O)N(C)C)cc1. The number of halogens is 1. The lowest BCUT2D eigenvalue weighted by atomic mass is 10.2. The number of hydrogen-bond acceptors (Lipinski definition) is 4. The number of ether oxygens (including phenoxy) is 1. The van der Waals surface area contributed by atoms with Crippen LogP contribution in [-0.4, -0.2) is 38.8 Å². The van der Waals surface area contributed by atoms with Gasteiger partial charge in [-0.2, -0.15) is 0 Å². The van der Waals surface area contributed by atoms with E-state index < -0.39 is 16.1 Å². The van der Waals surface area contributed by atoms with Crippen molar-refractivity contribution in [1.29, 1.82) is 0 Å². The predicted molar refractivity (Wildman–Crippen MR) is 102 cm³/mol. The second-order valence-electron chi connectivity index (χ2n) is 5.97. The van der Waals surface area contributed by atoms with E-state index in [1.165, 1.54) is 38.4 Å². The van der Waals surface area contributed by atoms with Gasteiger partial charge in [-0.15, -0.1) is 0 Å². The van der Waals surface area contributed by atoms with Crippen molar-refractivity contribution in [3.05, 3.63) is 53.1 Å². The normalized spacial score (nSPS) is 12.7. The molecule has 8 heteroatoms. The largest absolute Gasteiger partial charge is 0.481 e. The number of aryl methyl sites for hydroxylation is 1. The van der Waals surface area contributed by atoms with Gasteiger partial charge >= 0.3 is 0 Å². The Labute approximate surface area is 158 Å².